The fourth-order valence-corrected chi connectivity index (χ4v) is 3.22. The maximum Gasteiger partial charge on any atom is 0.309 e. The molecule has 28 heavy (non-hydrogen) atoms. The van der Waals surface area contributed by atoms with Gasteiger partial charge in [0.25, 0.3) is 0 Å². The minimum atomic E-state index is -0.741. The molecule has 0 bridgehead atoms. The molecular formula is C17H16Cl2N6O3. The van der Waals surface area contributed by atoms with Gasteiger partial charge in [-0.05, 0) is 26.0 Å². The molecule has 0 fully saturated rings. The summed E-state index contributed by atoms with van der Waals surface area (Å²) < 4.78 is 2.90. The molecule has 2 heterocycles. The zero-order valence-electron chi connectivity index (χ0n) is 15.0. The van der Waals surface area contributed by atoms with Gasteiger partial charge >= 0.3 is 5.69 Å². The van der Waals surface area contributed by atoms with E-state index in [9.17, 15) is 14.9 Å². The van der Waals surface area contributed by atoms with Crippen LogP contribution in [0.4, 0.5) is 11.4 Å². The lowest BCUT2D eigenvalue weighted by molar-refractivity contribution is -0.385. The number of halogens is 2. The summed E-state index contributed by atoms with van der Waals surface area (Å²) in [5.41, 5.74) is 1.36. The third-order valence-electron chi connectivity index (χ3n) is 4.24. The van der Waals surface area contributed by atoms with Crippen molar-refractivity contribution in [1.29, 1.82) is 0 Å². The van der Waals surface area contributed by atoms with E-state index >= 15 is 0 Å². The van der Waals surface area contributed by atoms with Crippen LogP contribution in [0.3, 0.4) is 0 Å². The number of benzene rings is 1. The molecular weight excluding hydrogens is 407 g/mol. The molecule has 146 valence electrons. The van der Waals surface area contributed by atoms with Gasteiger partial charge in [-0.2, -0.15) is 10.2 Å². The van der Waals surface area contributed by atoms with Crippen molar-refractivity contribution >= 4 is 40.5 Å². The van der Waals surface area contributed by atoms with Crippen molar-refractivity contribution in [3.63, 3.8) is 0 Å². The van der Waals surface area contributed by atoms with Gasteiger partial charge in [0.1, 0.15) is 17.9 Å². The summed E-state index contributed by atoms with van der Waals surface area (Å²) in [7, 11) is 0. The van der Waals surface area contributed by atoms with Crippen LogP contribution in [0.1, 0.15) is 24.2 Å². The topological polar surface area (TPSA) is 108 Å². The third kappa shape index (κ3) is 4.00. The predicted octanol–water partition coefficient (Wildman–Crippen LogP) is 3.85. The van der Waals surface area contributed by atoms with Crippen LogP contribution in [-0.4, -0.2) is 30.4 Å². The molecule has 2 aromatic heterocycles. The monoisotopic (exact) mass is 422 g/mol. The number of nitrogens with zero attached hydrogens (tertiary/aromatic N) is 5. The van der Waals surface area contributed by atoms with Crippen molar-refractivity contribution in [1.82, 2.24) is 19.6 Å². The van der Waals surface area contributed by atoms with Gasteiger partial charge in [0.15, 0.2) is 0 Å². The van der Waals surface area contributed by atoms with Gasteiger partial charge in [-0.15, -0.1) is 0 Å². The molecule has 3 rings (SSSR count). The molecule has 11 heteroatoms. The van der Waals surface area contributed by atoms with E-state index in [2.05, 4.69) is 15.5 Å². The first-order chi connectivity index (χ1) is 13.3. The highest BCUT2D eigenvalue weighted by atomic mass is 35.5. The number of aromatic nitrogens is 4. The molecule has 1 aromatic carbocycles. The molecule has 1 amide bonds. The van der Waals surface area contributed by atoms with Gasteiger partial charge < -0.3 is 5.32 Å². The maximum atomic E-state index is 12.5. The first kappa shape index (κ1) is 19.8. The summed E-state index contributed by atoms with van der Waals surface area (Å²) in [4.78, 5) is 22.9. The van der Waals surface area contributed by atoms with Gasteiger partial charge in [0.05, 0.1) is 23.4 Å². The first-order valence-electron chi connectivity index (χ1n) is 8.22. The second kappa shape index (κ2) is 7.99. The van der Waals surface area contributed by atoms with E-state index in [1.807, 2.05) is 0 Å². The normalized spacial score (nSPS) is 12.0. The van der Waals surface area contributed by atoms with Gasteiger partial charge in [0.2, 0.25) is 5.91 Å². The Hall–Kier alpha value is -2.91. The number of carbonyl (C=O) groups is 1. The summed E-state index contributed by atoms with van der Waals surface area (Å²) in [5.74, 6) is -0.378. The molecule has 1 unspecified atom stereocenters. The fourth-order valence-electron chi connectivity index (χ4n) is 2.70. The van der Waals surface area contributed by atoms with Gasteiger partial charge in [-0.25, -0.2) is 0 Å². The van der Waals surface area contributed by atoms with Crippen molar-refractivity contribution in [2.24, 2.45) is 0 Å². The smallest absolute Gasteiger partial charge is 0.309 e. The van der Waals surface area contributed by atoms with Crippen molar-refractivity contribution < 1.29 is 9.72 Å². The van der Waals surface area contributed by atoms with E-state index in [-0.39, 0.29) is 11.6 Å². The van der Waals surface area contributed by atoms with Crippen molar-refractivity contribution in [2.75, 3.05) is 5.32 Å². The Balaban J connectivity index is 1.71. The van der Waals surface area contributed by atoms with Gasteiger partial charge in [0, 0.05) is 21.8 Å². The Bertz CT molecular complexity index is 1030. The second-order valence-corrected chi connectivity index (χ2v) is 6.92. The average molecular weight is 423 g/mol. The minimum absolute atomic E-state index is 0.135. The number of rotatable bonds is 6. The number of hydrogen-bond acceptors (Lipinski definition) is 5. The Morgan fingerprint density at radius 3 is 2.57 bits per heavy atom. The Labute approximate surface area is 170 Å². The molecule has 0 saturated heterocycles. The standard InChI is InChI=1S/C17H16Cl2N6O3/c1-10-16(25(27)28)7-21-24(10)11(2)17(26)22-12-6-20-23(8-12)9-13-14(18)4-3-5-15(13)19/h3-8,11H,9H2,1-2H3,(H,22,26). The summed E-state index contributed by atoms with van der Waals surface area (Å²) >= 11 is 12.3. The van der Waals surface area contributed by atoms with E-state index in [1.165, 1.54) is 10.9 Å². The van der Waals surface area contributed by atoms with Crippen molar-refractivity contribution in [2.45, 2.75) is 26.4 Å². The lowest BCUT2D eigenvalue weighted by atomic mass is 10.2. The fraction of sp³-hybridized carbons (Fsp3) is 0.235. The SMILES string of the molecule is Cc1c([N+](=O)[O-])cnn1C(C)C(=O)Nc1cnn(Cc2c(Cl)cccc2Cl)c1. The molecule has 0 aliphatic carbocycles. The summed E-state index contributed by atoms with van der Waals surface area (Å²) in [6, 6.07) is 4.49. The van der Waals surface area contributed by atoms with Gasteiger partial charge in [-0.1, -0.05) is 29.3 Å². The number of anilines is 1. The van der Waals surface area contributed by atoms with Crippen LogP contribution in [0.5, 0.6) is 0 Å². The summed E-state index contributed by atoms with van der Waals surface area (Å²) in [5, 5.41) is 22.9. The zero-order chi connectivity index (χ0) is 20.4. The Morgan fingerprint density at radius 1 is 1.29 bits per heavy atom. The number of nitrogens with one attached hydrogen (secondary N) is 1. The molecule has 1 atom stereocenters. The van der Waals surface area contributed by atoms with E-state index in [0.717, 1.165) is 11.8 Å². The van der Waals surface area contributed by atoms with Crippen LogP contribution in [-0.2, 0) is 11.3 Å². The zero-order valence-corrected chi connectivity index (χ0v) is 16.5. The molecule has 1 N–H and O–H groups in total. The van der Waals surface area contributed by atoms with E-state index in [0.29, 0.717) is 28.0 Å². The number of amides is 1. The van der Waals surface area contributed by atoms with Crippen molar-refractivity contribution in [3.05, 3.63) is 68.2 Å². The summed E-state index contributed by atoms with van der Waals surface area (Å²) in [6.07, 6.45) is 4.26. The predicted molar refractivity (Wildman–Crippen MR) is 105 cm³/mol. The maximum absolute atomic E-state index is 12.5. The average Bonchev–Trinajstić information content (AvgIpc) is 3.24. The van der Waals surface area contributed by atoms with E-state index < -0.39 is 11.0 Å². The van der Waals surface area contributed by atoms with Crippen LogP contribution in [0.2, 0.25) is 10.0 Å². The molecule has 0 spiro atoms. The van der Waals surface area contributed by atoms with Crippen LogP contribution in [0.25, 0.3) is 0 Å². The van der Waals surface area contributed by atoms with Gasteiger partial charge in [-0.3, -0.25) is 24.3 Å². The van der Waals surface area contributed by atoms with E-state index in [4.69, 9.17) is 23.2 Å². The third-order valence-corrected chi connectivity index (χ3v) is 4.95. The molecule has 0 aliphatic heterocycles. The van der Waals surface area contributed by atoms with Crippen molar-refractivity contribution in [3.8, 4) is 0 Å². The lowest BCUT2D eigenvalue weighted by Gasteiger charge is -2.13. The number of hydrogen-bond donors (Lipinski definition) is 1. The minimum Gasteiger partial charge on any atom is -0.322 e. The highest BCUT2D eigenvalue weighted by molar-refractivity contribution is 6.35. The highest BCUT2D eigenvalue weighted by Crippen LogP contribution is 2.25. The highest BCUT2D eigenvalue weighted by Gasteiger charge is 2.24. The van der Waals surface area contributed by atoms with Crippen LogP contribution < -0.4 is 5.32 Å². The molecule has 9 nitrogen and oxygen atoms in total. The Kier molecular flexibility index (Phi) is 5.66. The molecule has 0 saturated carbocycles. The molecule has 0 radical (unpaired) electrons. The first-order valence-corrected chi connectivity index (χ1v) is 8.98. The lowest BCUT2D eigenvalue weighted by Crippen LogP contribution is -2.25. The molecule has 3 aromatic rings. The quantitative estimate of drug-likeness (QED) is 0.479. The largest absolute Gasteiger partial charge is 0.322 e. The molecule has 0 aliphatic rings. The summed E-state index contributed by atoms with van der Waals surface area (Å²) in [6.45, 7) is 3.49. The number of carbonyl (C=O) groups excluding carboxylic acids is 1. The van der Waals surface area contributed by atoms with Crippen LogP contribution in [0, 0.1) is 17.0 Å². The Morgan fingerprint density at radius 2 is 1.96 bits per heavy atom. The number of nitro groups is 1. The van der Waals surface area contributed by atoms with Crippen LogP contribution in [0.15, 0.2) is 36.8 Å². The second-order valence-electron chi connectivity index (χ2n) is 6.11. The van der Waals surface area contributed by atoms with Crippen LogP contribution >= 0.6 is 23.2 Å². The van der Waals surface area contributed by atoms with E-state index in [1.54, 1.807) is 42.9 Å².